The lowest BCUT2D eigenvalue weighted by molar-refractivity contribution is 0.0728. The van der Waals surface area contributed by atoms with Crippen molar-refractivity contribution in [3.63, 3.8) is 0 Å². The van der Waals surface area contributed by atoms with E-state index in [1.165, 1.54) is 51.9 Å². The van der Waals surface area contributed by atoms with Gasteiger partial charge < -0.3 is 4.90 Å². The predicted molar refractivity (Wildman–Crippen MR) is 63.6 cm³/mol. The number of rotatable bonds is 2. The summed E-state index contributed by atoms with van der Waals surface area (Å²) in [6.45, 7) is 7.16. The minimum Gasteiger partial charge on any atom is -0.304 e. The molecule has 0 aromatic heterocycles. The number of likely N-dealkylation sites (N-methyl/N-ethyl adjacent to an activating group) is 1. The van der Waals surface area contributed by atoms with Crippen LogP contribution in [0.2, 0.25) is 0 Å². The molecule has 1 aliphatic heterocycles. The van der Waals surface area contributed by atoms with Crippen molar-refractivity contribution in [1.82, 2.24) is 15.3 Å². The molecule has 1 aliphatic carbocycles. The molecule has 2 fully saturated rings. The molecule has 2 atom stereocenters. The van der Waals surface area contributed by atoms with Crippen LogP contribution in [0.15, 0.2) is 0 Å². The first kappa shape index (κ1) is 11.4. The summed E-state index contributed by atoms with van der Waals surface area (Å²) in [6.07, 6.45) is 5.58. The Morgan fingerprint density at radius 3 is 2.47 bits per heavy atom. The Morgan fingerprint density at radius 2 is 1.80 bits per heavy atom. The molecule has 0 aromatic rings. The third-order valence-electron chi connectivity index (χ3n) is 3.80. The van der Waals surface area contributed by atoms with Gasteiger partial charge in [-0.3, -0.25) is 5.43 Å². The van der Waals surface area contributed by atoms with Gasteiger partial charge in [-0.05, 0) is 25.8 Å². The fourth-order valence-electron chi connectivity index (χ4n) is 2.75. The minimum absolute atomic E-state index is 0.747. The molecule has 0 radical (unpaired) electrons. The molecule has 0 spiro atoms. The van der Waals surface area contributed by atoms with Gasteiger partial charge in [-0.2, -0.15) is 0 Å². The SMILES string of the molecule is CC1CCCC(NN2CCN(C)CC2)C1. The summed E-state index contributed by atoms with van der Waals surface area (Å²) in [4.78, 5) is 2.40. The summed E-state index contributed by atoms with van der Waals surface area (Å²) in [5.74, 6) is 0.920. The molecule has 2 rings (SSSR count). The standard InChI is InChI=1S/C12H25N3/c1-11-4-3-5-12(10-11)13-15-8-6-14(2)7-9-15/h11-13H,3-10H2,1-2H3. The maximum atomic E-state index is 3.72. The number of nitrogens with one attached hydrogen (secondary N) is 1. The van der Waals surface area contributed by atoms with Crippen LogP contribution in [0.5, 0.6) is 0 Å². The largest absolute Gasteiger partial charge is 0.304 e. The van der Waals surface area contributed by atoms with Gasteiger partial charge in [0.2, 0.25) is 0 Å². The summed E-state index contributed by atoms with van der Waals surface area (Å²) >= 11 is 0. The summed E-state index contributed by atoms with van der Waals surface area (Å²) in [5, 5.41) is 2.43. The van der Waals surface area contributed by atoms with Crippen LogP contribution in [-0.2, 0) is 0 Å². The molecule has 2 unspecified atom stereocenters. The van der Waals surface area contributed by atoms with E-state index in [1.54, 1.807) is 0 Å². The Labute approximate surface area is 93.8 Å². The van der Waals surface area contributed by atoms with E-state index < -0.39 is 0 Å². The molecule has 3 heteroatoms. The molecule has 1 heterocycles. The Morgan fingerprint density at radius 1 is 1.07 bits per heavy atom. The van der Waals surface area contributed by atoms with E-state index in [1.807, 2.05) is 0 Å². The van der Waals surface area contributed by atoms with Crippen LogP contribution < -0.4 is 5.43 Å². The third-order valence-corrected chi connectivity index (χ3v) is 3.80. The molecular weight excluding hydrogens is 186 g/mol. The Hall–Kier alpha value is -0.120. The average Bonchev–Trinajstić information content (AvgIpc) is 2.22. The van der Waals surface area contributed by atoms with Gasteiger partial charge in [-0.1, -0.05) is 19.8 Å². The highest BCUT2D eigenvalue weighted by Crippen LogP contribution is 2.23. The number of hydrogen-bond acceptors (Lipinski definition) is 3. The summed E-state index contributed by atoms with van der Waals surface area (Å²) in [7, 11) is 2.21. The van der Waals surface area contributed by atoms with E-state index in [2.05, 4.69) is 29.3 Å². The van der Waals surface area contributed by atoms with Crippen molar-refractivity contribution in [3.05, 3.63) is 0 Å². The van der Waals surface area contributed by atoms with Gasteiger partial charge >= 0.3 is 0 Å². The van der Waals surface area contributed by atoms with E-state index in [0.29, 0.717) is 0 Å². The van der Waals surface area contributed by atoms with Gasteiger partial charge in [0.05, 0.1) is 0 Å². The lowest BCUT2D eigenvalue weighted by Gasteiger charge is -2.37. The first-order valence-corrected chi connectivity index (χ1v) is 6.43. The van der Waals surface area contributed by atoms with Crippen molar-refractivity contribution in [1.29, 1.82) is 0 Å². The van der Waals surface area contributed by atoms with E-state index in [0.717, 1.165) is 12.0 Å². The van der Waals surface area contributed by atoms with Crippen molar-refractivity contribution in [2.24, 2.45) is 5.92 Å². The van der Waals surface area contributed by atoms with Gasteiger partial charge in [0.1, 0.15) is 0 Å². The fraction of sp³-hybridized carbons (Fsp3) is 1.00. The van der Waals surface area contributed by atoms with Gasteiger partial charge in [0.25, 0.3) is 0 Å². The molecule has 1 saturated heterocycles. The summed E-state index contributed by atoms with van der Waals surface area (Å²) in [5.41, 5.74) is 3.72. The Balaban J connectivity index is 1.71. The topological polar surface area (TPSA) is 18.5 Å². The third kappa shape index (κ3) is 3.44. The van der Waals surface area contributed by atoms with Crippen molar-refractivity contribution in [3.8, 4) is 0 Å². The van der Waals surface area contributed by atoms with Crippen LogP contribution >= 0.6 is 0 Å². The van der Waals surface area contributed by atoms with E-state index in [9.17, 15) is 0 Å². The van der Waals surface area contributed by atoms with Gasteiger partial charge in [0.15, 0.2) is 0 Å². The molecule has 2 aliphatic rings. The zero-order chi connectivity index (χ0) is 10.7. The van der Waals surface area contributed by atoms with Crippen molar-refractivity contribution < 1.29 is 0 Å². The molecule has 15 heavy (non-hydrogen) atoms. The summed E-state index contributed by atoms with van der Waals surface area (Å²) < 4.78 is 0. The number of hydrazine groups is 1. The van der Waals surface area contributed by atoms with Gasteiger partial charge in [-0.25, -0.2) is 5.01 Å². The second-order valence-corrected chi connectivity index (χ2v) is 5.39. The molecule has 0 amide bonds. The molecule has 88 valence electrons. The number of hydrogen-bond donors (Lipinski definition) is 1. The molecular formula is C12H25N3. The van der Waals surface area contributed by atoms with E-state index >= 15 is 0 Å². The van der Waals surface area contributed by atoms with Gasteiger partial charge in [0, 0.05) is 32.2 Å². The first-order chi connectivity index (χ1) is 7.24. The maximum Gasteiger partial charge on any atom is 0.0259 e. The number of nitrogens with zero attached hydrogens (tertiary/aromatic N) is 2. The average molecular weight is 211 g/mol. The van der Waals surface area contributed by atoms with Crippen molar-refractivity contribution in [2.75, 3.05) is 33.2 Å². The molecule has 0 aromatic carbocycles. The van der Waals surface area contributed by atoms with Crippen molar-refractivity contribution in [2.45, 2.75) is 38.6 Å². The first-order valence-electron chi connectivity index (χ1n) is 6.43. The van der Waals surface area contributed by atoms with E-state index in [-0.39, 0.29) is 0 Å². The second-order valence-electron chi connectivity index (χ2n) is 5.39. The molecule has 1 N–H and O–H groups in total. The minimum atomic E-state index is 0.747. The van der Waals surface area contributed by atoms with Gasteiger partial charge in [-0.15, -0.1) is 0 Å². The quantitative estimate of drug-likeness (QED) is 0.743. The molecule has 0 bridgehead atoms. The highest BCUT2D eigenvalue weighted by atomic mass is 15.5. The fourth-order valence-corrected chi connectivity index (χ4v) is 2.75. The lowest BCUT2D eigenvalue weighted by Crippen LogP contribution is -2.54. The van der Waals surface area contributed by atoms with Crippen LogP contribution in [-0.4, -0.2) is 49.2 Å². The Bertz CT molecular complexity index is 187. The van der Waals surface area contributed by atoms with Crippen LogP contribution in [0.1, 0.15) is 32.6 Å². The predicted octanol–water partition coefficient (Wildman–Crippen LogP) is 1.32. The molecule has 1 saturated carbocycles. The van der Waals surface area contributed by atoms with Crippen LogP contribution in [0.25, 0.3) is 0 Å². The maximum absolute atomic E-state index is 3.72. The summed E-state index contributed by atoms with van der Waals surface area (Å²) in [6, 6.07) is 0.747. The van der Waals surface area contributed by atoms with Crippen LogP contribution in [0.4, 0.5) is 0 Å². The number of piperazine rings is 1. The normalized spacial score (nSPS) is 35.6. The van der Waals surface area contributed by atoms with Crippen molar-refractivity contribution >= 4 is 0 Å². The lowest BCUT2D eigenvalue weighted by atomic mass is 9.87. The zero-order valence-corrected chi connectivity index (χ0v) is 10.2. The highest BCUT2D eigenvalue weighted by molar-refractivity contribution is 4.76. The smallest absolute Gasteiger partial charge is 0.0259 e. The molecule has 3 nitrogen and oxygen atoms in total. The van der Waals surface area contributed by atoms with E-state index in [4.69, 9.17) is 0 Å². The second kappa shape index (κ2) is 5.28. The highest BCUT2D eigenvalue weighted by Gasteiger charge is 2.22. The van der Waals surface area contributed by atoms with Crippen LogP contribution in [0, 0.1) is 5.92 Å². The monoisotopic (exact) mass is 211 g/mol. The van der Waals surface area contributed by atoms with Crippen LogP contribution in [0.3, 0.4) is 0 Å². The zero-order valence-electron chi connectivity index (χ0n) is 10.2. The Kier molecular flexibility index (Phi) is 4.00.